The van der Waals surface area contributed by atoms with Gasteiger partial charge in [0.1, 0.15) is 6.54 Å². The normalized spacial score (nSPS) is 14.7. The molecule has 0 atom stereocenters. The second-order valence-electron chi connectivity index (χ2n) is 6.68. The third kappa shape index (κ3) is 5.82. The molecule has 2 aromatic carbocycles. The molecule has 3 rings (SSSR count). The maximum absolute atomic E-state index is 12.6. The Labute approximate surface area is 197 Å². The van der Waals surface area contributed by atoms with E-state index in [4.69, 9.17) is 33.0 Å². The topological polar surface area (TPSA) is 113 Å². The Hall–Kier alpha value is -3.01. The number of nitrogens with one attached hydrogen (secondary N) is 1. The molecule has 0 spiro atoms. The molecule has 1 saturated heterocycles. The third-order valence-electron chi connectivity index (χ3n) is 4.17. The van der Waals surface area contributed by atoms with Gasteiger partial charge in [-0.15, -0.1) is 0 Å². The number of halogens is 2. The minimum atomic E-state index is -1.19. The van der Waals surface area contributed by atoms with Crippen molar-refractivity contribution < 1.29 is 29.0 Å². The molecular formula is C21H16Cl2N2O6S. The van der Waals surface area contributed by atoms with Crippen LogP contribution in [0, 0.1) is 6.92 Å². The van der Waals surface area contributed by atoms with Gasteiger partial charge in [0.15, 0.2) is 12.4 Å². The van der Waals surface area contributed by atoms with Crippen LogP contribution in [-0.4, -0.2) is 46.2 Å². The molecule has 0 aliphatic carbocycles. The van der Waals surface area contributed by atoms with E-state index < -0.39 is 36.2 Å². The molecule has 32 heavy (non-hydrogen) atoms. The van der Waals surface area contributed by atoms with Gasteiger partial charge in [-0.25, -0.2) is 4.79 Å². The Morgan fingerprint density at radius 3 is 2.38 bits per heavy atom. The molecule has 0 radical (unpaired) electrons. The molecule has 1 aliphatic rings. The van der Waals surface area contributed by atoms with E-state index in [-0.39, 0.29) is 20.7 Å². The first-order valence-corrected chi connectivity index (χ1v) is 10.7. The van der Waals surface area contributed by atoms with Gasteiger partial charge in [0.2, 0.25) is 5.91 Å². The summed E-state index contributed by atoms with van der Waals surface area (Å²) in [6.45, 7) is 0.858. The first-order chi connectivity index (χ1) is 15.1. The number of anilines is 1. The molecule has 1 aliphatic heterocycles. The Bertz CT molecular complexity index is 1110. The zero-order valence-corrected chi connectivity index (χ0v) is 18.9. The molecule has 2 aromatic rings. The lowest BCUT2D eigenvalue weighted by Gasteiger charge is -2.12. The number of carboxylic acid groups (broad SMARTS) is 1. The molecule has 1 fully saturated rings. The number of carboxylic acids is 1. The van der Waals surface area contributed by atoms with Crippen LogP contribution in [0.5, 0.6) is 5.75 Å². The van der Waals surface area contributed by atoms with Gasteiger partial charge in [0.05, 0.1) is 15.0 Å². The predicted molar refractivity (Wildman–Crippen MR) is 122 cm³/mol. The van der Waals surface area contributed by atoms with Crippen molar-refractivity contribution >= 4 is 69.8 Å². The van der Waals surface area contributed by atoms with Crippen LogP contribution in [0.1, 0.15) is 11.1 Å². The molecule has 166 valence electrons. The zero-order valence-electron chi connectivity index (χ0n) is 16.6. The SMILES string of the molecule is Cc1ccc(NC(=O)CN2C(=O)S/C(=C/c3cc(Cl)c(OCC(=O)O)c(Cl)c3)C2=O)cc1. The highest BCUT2D eigenvalue weighted by molar-refractivity contribution is 8.18. The molecule has 8 nitrogen and oxygen atoms in total. The van der Waals surface area contributed by atoms with Crippen molar-refractivity contribution in [2.75, 3.05) is 18.5 Å². The number of carbonyl (C=O) groups is 4. The Kier molecular flexibility index (Phi) is 7.44. The predicted octanol–water partition coefficient (Wildman–Crippen LogP) is 4.44. The average molecular weight is 495 g/mol. The van der Waals surface area contributed by atoms with Crippen LogP contribution in [0.25, 0.3) is 6.08 Å². The number of carbonyl (C=O) groups excluding carboxylic acids is 3. The van der Waals surface area contributed by atoms with Crippen molar-refractivity contribution in [1.82, 2.24) is 4.90 Å². The molecule has 0 unspecified atom stereocenters. The summed E-state index contributed by atoms with van der Waals surface area (Å²) < 4.78 is 5.05. The van der Waals surface area contributed by atoms with Gasteiger partial charge in [-0.2, -0.15) is 0 Å². The molecule has 0 saturated carbocycles. The minimum Gasteiger partial charge on any atom is -0.479 e. The van der Waals surface area contributed by atoms with E-state index >= 15 is 0 Å². The van der Waals surface area contributed by atoms with E-state index in [0.29, 0.717) is 23.0 Å². The van der Waals surface area contributed by atoms with Gasteiger partial charge in [0.25, 0.3) is 11.1 Å². The smallest absolute Gasteiger partial charge is 0.341 e. The number of ether oxygens (including phenoxy) is 1. The van der Waals surface area contributed by atoms with Crippen LogP contribution >= 0.6 is 35.0 Å². The maximum Gasteiger partial charge on any atom is 0.341 e. The van der Waals surface area contributed by atoms with E-state index in [1.54, 1.807) is 12.1 Å². The molecule has 0 bridgehead atoms. The average Bonchev–Trinajstić information content (AvgIpc) is 2.96. The molecule has 11 heteroatoms. The Balaban J connectivity index is 1.71. The van der Waals surface area contributed by atoms with Gasteiger partial charge >= 0.3 is 5.97 Å². The number of rotatable bonds is 7. The number of aryl methyl sites for hydroxylation is 1. The van der Waals surface area contributed by atoms with E-state index in [0.717, 1.165) is 10.5 Å². The molecule has 0 aromatic heterocycles. The van der Waals surface area contributed by atoms with Gasteiger partial charge < -0.3 is 15.2 Å². The van der Waals surface area contributed by atoms with Gasteiger partial charge in [0, 0.05) is 5.69 Å². The molecule has 3 amide bonds. The molecule has 1 heterocycles. The standard InChI is InChI=1S/C21H16Cl2N2O6S/c1-11-2-4-13(5-3-11)24-17(26)9-25-20(29)16(32-21(25)30)8-12-6-14(22)19(15(23)7-12)31-10-18(27)28/h2-8H,9-10H2,1H3,(H,24,26)(H,27,28)/b16-8+. The van der Waals surface area contributed by atoms with Gasteiger partial charge in [-0.05, 0) is 54.6 Å². The number of amides is 3. The fourth-order valence-corrected chi connectivity index (χ4v) is 4.15. The summed E-state index contributed by atoms with van der Waals surface area (Å²) in [6, 6.07) is 9.93. The summed E-state index contributed by atoms with van der Waals surface area (Å²) in [4.78, 5) is 48.8. The highest BCUT2D eigenvalue weighted by Gasteiger charge is 2.36. The van der Waals surface area contributed by atoms with Crippen molar-refractivity contribution in [3.63, 3.8) is 0 Å². The molecule has 2 N–H and O–H groups in total. The summed E-state index contributed by atoms with van der Waals surface area (Å²) >= 11 is 12.9. The van der Waals surface area contributed by atoms with Crippen LogP contribution in [0.3, 0.4) is 0 Å². The fourth-order valence-electron chi connectivity index (χ4n) is 2.70. The number of hydrogen-bond acceptors (Lipinski definition) is 6. The lowest BCUT2D eigenvalue weighted by Crippen LogP contribution is -2.36. The number of nitrogens with zero attached hydrogens (tertiary/aromatic N) is 1. The van der Waals surface area contributed by atoms with Crippen molar-refractivity contribution in [1.29, 1.82) is 0 Å². The number of aliphatic carboxylic acids is 1. The van der Waals surface area contributed by atoms with Gasteiger partial charge in [-0.1, -0.05) is 40.9 Å². The molecular weight excluding hydrogens is 479 g/mol. The van der Waals surface area contributed by atoms with E-state index in [1.165, 1.54) is 18.2 Å². The van der Waals surface area contributed by atoms with E-state index in [2.05, 4.69) is 5.32 Å². The fraction of sp³-hybridized carbons (Fsp3) is 0.143. The number of benzene rings is 2. The van der Waals surface area contributed by atoms with Crippen LogP contribution in [0.15, 0.2) is 41.3 Å². The second-order valence-corrected chi connectivity index (χ2v) is 8.49. The summed E-state index contributed by atoms with van der Waals surface area (Å²) in [5.74, 6) is -2.34. The Morgan fingerprint density at radius 2 is 1.78 bits per heavy atom. The van der Waals surface area contributed by atoms with Crippen LogP contribution in [-0.2, 0) is 14.4 Å². The Morgan fingerprint density at radius 1 is 1.16 bits per heavy atom. The second kappa shape index (κ2) is 10.1. The first-order valence-electron chi connectivity index (χ1n) is 9.09. The van der Waals surface area contributed by atoms with Crippen molar-refractivity contribution in [3.8, 4) is 5.75 Å². The zero-order chi connectivity index (χ0) is 23.4. The highest BCUT2D eigenvalue weighted by atomic mass is 35.5. The van der Waals surface area contributed by atoms with Crippen molar-refractivity contribution in [3.05, 3.63) is 62.5 Å². The number of thioether (sulfide) groups is 1. The maximum atomic E-state index is 12.6. The minimum absolute atomic E-state index is 0.00577. The van der Waals surface area contributed by atoms with Crippen molar-refractivity contribution in [2.24, 2.45) is 0 Å². The van der Waals surface area contributed by atoms with Gasteiger partial charge in [-0.3, -0.25) is 19.3 Å². The first kappa shape index (κ1) is 23.6. The summed E-state index contributed by atoms with van der Waals surface area (Å²) in [5, 5.41) is 10.9. The van der Waals surface area contributed by atoms with Crippen LogP contribution in [0.4, 0.5) is 10.5 Å². The monoisotopic (exact) mass is 494 g/mol. The third-order valence-corrected chi connectivity index (χ3v) is 5.64. The van der Waals surface area contributed by atoms with Crippen molar-refractivity contribution in [2.45, 2.75) is 6.92 Å². The lowest BCUT2D eigenvalue weighted by atomic mass is 10.2. The highest BCUT2D eigenvalue weighted by Crippen LogP contribution is 2.37. The number of hydrogen-bond donors (Lipinski definition) is 2. The van der Waals surface area contributed by atoms with Crippen LogP contribution in [0.2, 0.25) is 10.0 Å². The largest absolute Gasteiger partial charge is 0.479 e. The summed E-state index contributed by atoms with van der Waals surface area (Å²) in [7, 11) is 0. The number of imide groups is 1. The quantitative estimate of drug-likeness (QED) is 0.546. The van der Waals surface area contributed by atoms with Crippen LogP contribution < -0.4 is 10.1 Å². The van der Waals surface area contributed by atoms with E-state index in [1.807, 2.05) is 19.1 Å². The van der Waals surface area contributed by atoms with E-state index in [9.17, 15) is 19.2 Å². The summed E-state index contributed by atoms with van der Waals surface area (Å²) in [6.07, 6.45) is 1.40. The lowest BCUT2D eigenvalue weighted by molar-refractivity contribution is -0.139. The summed E-state index contributed by atoms with van der Waals surface area (Å²) in [5.41, 5.74) is 1.98.